The van der Waals surface area contributed by atoms with E-state index in [0.717, 1.165) is 11.3 Å². The lowest BCUT2D eigenvalue weighted by molar-refractivity contribution is 0.546. The van der Waals surface area contributed by atoms with Gasteiger partial charge in [-0.15, -0.1) is 0 Å². The summed E-state index contributed by atoms with van der Waals surface area (Å²) in [6.45, 7) is 8.12. The van der Waals surface area contributed by atoms with E-state index in [2.05, 4.69) is 15.3 Å². The molecule has 0 saturated carbocycles. The minimum atomic E-state index is -0.168. The average Bonchev–Trinajstić information content (AvgIpc) is 2.31. The third kappa shape index (κ3) is 3.62. The van der Waals surface area contributed by atoms with Crippen LogP contribution < -0.4 is 5.32 Å². The molecule has 0 amide bonds. The van der Waals surface area contributed by atoms with E-state index >= 15 is 0 Å². The summed E-state index contributed by atoms with van der Waals surface area (Å²) in [5.41, 5.74) is 1.74. The number of hydrogen-bond donors (Lipinski definition) is 1. The quantitative estimate of drug-likeness (QED) is 0.781. The first kappa shape index (κ1) is 15.1. The number of hydrogen-bond acceptors (Lipinski definition) is 3. The minimum absolute atomic E-state index is 0.168. The Morgan fingerprint density at radius 1 is 1.05 bits per heavy atom. The molecule has 20 heavy (non-hydrogen) atoms. The number of anilines is 2. The minimum Gasteiger partial charge on any atom is -0.339 e. The van der Waals surface area contributed by atoms with Gasteiger partial charge in [-0.05, 0) is 24.6 Å². The predicted octanol–water partition coefficient (Wildman–Crippen LogP) is 5.13. The highest BCUT2D eigenvalue weighted by atomic mass is 35.5. The van der Waals surface area contributed by atoms with E-state index in [9.17, 15) is 0 Å². The van der Waals surface area contributed by atoms with Crippen LogP contribution in [0.2, 0.25) is 10.2 Å². The molecule has 0 bridgehead atoms. The number of halogens is 2. The zero-order valence-corrected chi connectivity index (χ0v) is 13.5. The zero-order chi connectivity index (χ0) is 14.9. The summed E-state index contributed by atoms with van der Waals surface area (Å²) in [4.78, 5) is 8.76. The Morgan fingerprint density at radius 2 is 1.75 bits per heavy atom. The lowest BCUT2D eigenvalue weighted by Gasteiger charge is -2.18. The van der Waals surface area contributed by atoms with Gasteiger partial charge in [0.2, 0.25) is 0 Å². The first-order valence-electron chi connectivity index (χ1n) is 6.34. The van der Waals surface area contributed by atoms with Crippen LogP contribution in [-0.4, -0.2) is 9.97 Å². The molecule has 0 saturated heterocycles. The molecule has 5 heteroatoms. The van der Waals surface area contributed by atoms with Crippen LogP contribution in [0.3, 0.4) is 0 Å². The maximum Gasteiger partial charge on any atom is 0.137 e. The highest BCUT2D eigenvalue weighted by Crippen LogP contribution is 2.28. The van der Waals surface area contributed by atoms with Crippen LogP contribution in [0.15, 0.2) is 24.3 Å². The first-order valence-corrected chi connectivity index (χ1v) is 7.09. The standard InChI is InChI=1S/C15H17Cl2N3/c1-9-5-6-11(10(16)7-9)18-13-8-12(17)19-14(20-13)15(2,3)4/h5-8H,1-4H3,(H,18,19,20). The van der Waals surface area contributed by atoms with Crippen molar-refractivity contribution in [3.8, 4) is 0 Å². The molecule has 0 unspecified atom stereocenters. The molecule has 0 fully saturated rings. The van der Waals surface area contributed by atoms with Gasteiger partial charge in [-0.25, -0.2) is 9.97 Å². The zero-order valence-electron chi connectivity index (χ0n) is 12.0. The van der Waals surface area contributed by atoms with Gasteiger partial charge in [0.1, 0.15) is 16.8 Å². The molecular weight excluding hydrogens is 293 g/mol. The van der Waals surface area contributed by atoms with Crippen molar-refractivity contribution in [1.29, 1.82) is 0 Å². The lowest BCUT2D eigenvalue weighted by Crippen LogP contribution is -2.16. The van der Waals surface area contributed by atoms with Crippen LogP contribution in [0, 0.1) is 6.92 Å². The molecule has 2 aromatic rings. The Morgan fingerprint density at radius 3 is 2.35 bits per heavy atom. The van der Waals surface area contributed by atoms with Crippen LogP contribution >= 0.6 is 23.2 Å². The van der Waals surface area contributed by atoms with Crippen molar-refractivity contribution in [2.75, 3.05) is 5.32 Å². The summed E-state index contributed by atoms with van der Waals surface area (Å²) in [6, 6.07) is 7.50. The van der Waals surface area contributed by atoms with E-state index in [-0.39, 0.29) is 5.41 Å². The third-order valence-corrected chi connectivity index (χ3v) is 3.26. The normalized spacial score (nSPS) is 11.5. The van der Waals surface area contributed by atoms with Crippen molar-refractivity contribution in [2.24, 2.45) is 0 Å². The van der Waals surface area contributed by atoms with Gasteiger partial charge < -0.3 is 5.32 Å². The Kier molecular flexibility index (Phi) is 4.21. The van der Waals surface area contributed by atoms with Gasteiger partial charge in [0.15, 0.2) is 0 Å². The van der Waals surface area contributed by atoms with Crippen LogP contribution in [0.4, 0.5) is 11.5 Å². The second kappa shape index (κ2) is 5.58. The largest absolute Gasteiger partial charge is 0.339 e. The second-order valence-corrected chi connectivity index (χ2v) is 6.55. The van der Waals surface area contributed by atoms with Crippen molar-refractivity contribution >= 4 is 34.7 Å². The molecule has 1 heterocycles. The van der Waals surface area contributed by atoms with E-state index in [4.69, 9.17) is 23.2 Å². The third-order valence-electron chi connectivity index (χ3n) is 2.75. The van der Waals surface area contributed by atoms with Crippen LogP contribution in [0.25, 0.3) is 0 Å². The summed E-state index contributed by atoms with van der Waals surface area (Å²) in [6.07, 6.45) is 0. The monoisotopic (exact) mass is 309 g/mol. The molecule has 1 aromatic carbocycles. The van der Waals surface area contributed by atoms with E-state index in [1.165, 1.54) is 0 Å². The lowest BCUT2D eigenvalue weighted by atomic mass is 9.96. The van der Waals surface area contributed by atoms with Gasteiger partial charge in [-0.2, -0.15) is 0 Å². The van der Waals surface area contributed by atoms with Crippen LogP contribution in [0.5, 0.6) is 0 Å². The van der Waals surface area contributed by atoms with E-state index in [1.54, 1.807) is 6.07 Å². The molecule has 0 spiro atoms. The van der Waals surface area contributed by atoms with Gasteiger partial charge in [-0.1, -0.05) is 50.0 Å². The number of aryl methyl sites for hydroxylation is 1. The number of benzene rings is 1. The first-order chi connectivity index (χ1) is 9.25. The highest BCUT2D eigenvalue weighted by Gasteiger charge is 2.19. The summed E-state index contributed by atoms with van der Waals surface area (Å²) < 4.78 is 0. The van der Waals surface area contributed by atoms with Crippen molar-refractivity contribution in [2.45, 2.75) is 33.1 Å². The fraction of sp³-hybridized carbons (Fsp3) is 0.333. The summed E-state index contributed by atoms with van der Waals surface area (Å²) >= 11 is 12.3. The van der Waals surface area contributed by atoms with E-state index < -0.39 is 0 Å². The average molecular weight is 310 g/mol. The van der Waals surface area contributed by atoms with Crippen LogP contribution in [-0.2, 0) is 5.41 Å². The highest BCUT2D eigenvalue weighted by molar-refractivity contribution is 6.33. The SMILES string of the molecule is Cc1ccc(Nc2cc(Cl)nc(C(C)(C)C)n2)c(Cl)c1. The van der Waals surface area contributed by atoms with Crippen molar-refractivity contribution < 1.29 is 0 Å². The van der Waals surface area contributed by atoms with Crippen molar-refractivity contribution in [3.05, 3.63) is 45.8 Å². The fourth-order valence-electron chi connectivity index (χ4n) is 1.68. The summed E-state index contributed by atoms with van der Waals surface area (Å²) in [7, 11) is 0. The second-order valence-electron chi connectivity index (χ2n) is 5.76. The summed E-state index contributed by atoms with van der Waals surface area (Å²) in [5.74, 6) is 1.33. The molecule has 0 aliphatic heterocycles. The molecule has 3 nitrogen and oxygen atoms in total. The Balaban J connectivity index is 2.36. The van der Waals surface area contributed by atoms with E-state index in [1.807, 2.05) is 45.9 Å². The molecule has 0 radical (unpaired) electrons. The van der Waals surface area contributed by atoms with Crippen LogP contribution in [0.1, 0.15) is 32.2 Å². The Hall–Kier alpha value is -1.32. The molecule has 0 aliphatic carbocycles. The molecule has 2 rings (SSSR count). The van der Waals surface area contributed by atoms with Gasteiger partial charge in [-0.3, -0.25) is 0 Å². The Labute approximate surface area is 129 Å². The molecule has 1 N–H and O–H groups in total. The maximum absolute atomic E-state index is 6.21. The van der Waals surface area contributed by atoms with Gasteiger partial charge in [0.05, 0.1) is 10.7 Å². The number of rotatable bonds is 2. The predicted molar refractivity (Wildman–Crippen MR) is 85.2 cm³/mol. The topological polar surface area (TPSA) is 37.8 Å². The molecule has 0 aliphatic rings. The number of nitrogens with one attached hydrogen (secondary N) is 1. The number of nitrogens with zero attached hydrogens (tertiary/aromatic N) is 2. The van der Waals surface area contributed by atoms with Gasteiger partial charge in [0.25, 0.3) is 0 Å². The van der Waals surface area contributed by atoms with Gasteiger partial charge >= 0.3 is 0 Å². The fourth-order valence-corrected chi connectivity index (χ4v) is 2.14. The summed E-state index contributed by atoms with van der Waals surface area (Å²) in [5, 5.41) is 4.25. The molecule has 1 aromatic heterocycles. The van der Waals surface area contributed by atoms with Gasteiger partial charge in [0, 0.05) is 11.5 Å². The number of aromatic nitrogens is 2. The van der Waals surface area contributed by atoms with E-state index in [0.29, 0.717) is 21.8 Å². The molecule has 106 valence electrons. The molecular formula is C15H17Cl2N3. The van der Waals surface area contributed by atoms with Crippen molar-refractivity contribution in [3.63, 3.8) is 0 Å². The smallest absolute Gasteiger partial charge is 0.137 e. The maximum atomic E-state index is 6.21. The van der Waals surface area contributed by atoms with Crippen molar-refractivity contribution in [1.82, 2.24) is 9.97 Å². The molecule has 0 atom stereocenters. The Bertz CT molecular complexity index is 634.